The Morgan fingerprint density at radius 2 is 2.27 bits per heavy atom. The van der Waals surface area contributed by atoms with Gasteiger partial charge in [-0.2, -0.15) is 0 Å². The van der Waals surface area contributed by atoms with E-state index >= 15 is 0 Å². The van der Waals surface area contributed by atoms with Gasteiger partial charge in [-0.05, 0) is 31.0 Å². The van der Waals surface area contributed by atoms with Crippen LogP contribution in [0.25, 0.3) is 0 Å². The van der Waals surface area contributed by atoms with Crippen molar-refractivity contribution < 1.29 is 13.9 Å². The first-order valence-electron chi connectivity index (χ1n) is 8.02. The lowest BCUT2D eigenvalue weighted by Gasteiger charge is -2.27. The number of benzene rings is 1. The second-order valence-electron chi connectivity index (χ2n) is 5.54. The Hall–Kier alpha value is -2.06. The van der Waals surface area contributed by atoms with Gasteiger partial charge in [0.1, 0.15) is 11.9 Å². The number of rotatable bonds is 5. The number of hydrogen-bond donors (Lipinski definition) is 1. The quantitative estimate of drug-likeness (QED) is 0.569. The molecule has 0 saturated heterocycles. The summed E-state index contributed by atoms with van der Waals surface area (Å²) in [4.78, 5) is 21.6. The molecule has 136 valence electrons. The van der Waals surface area contributed by atoms with Crippen LogP contribution in [0.1, 0.15) is 29.1 Å². The zero-order chi connectivity index (χ0) is 18.7. The monoisotopic (exact) mass is 437 g/mol. The van der Waals surface area contributed by atoms with Crippen LogP contribution in [0, 0.1) is 12.7 Å². The number of halogens is 2. The van der Waals surface area contributed by atoms with Gasteiger partial charge in [0, 0.05) is 22.6 Å². The SMILES string of the molecule is CCOC(=O)C1=C(CBr)NC(c2nccs2)=NC1c1cccc(F)c1C. The lowest BCUT2D eigenvalue weighted by Crippen LogP contribution is -2.34. The van der Waals surface area contributed by atoms with Crippen molar-refractivity contribution in [2.24, 2.45) is 4.99 Å². The number of hydrogen-bond acceptors (Lipinski definition) is 6. The van der Waals surface area contributed by atoms with Crippen molar-refractivity contribution in [2.45, 2.75) is 19.9 Å². The van der Waals surface area contributed by atoms with E-state index in [1.807, 2.05) is 5.38 Å². The van der Waals surface area contributed by atoms with E-state index in [0.717, 1.165) is 0 Å². The number of carbonyl (C=O) groups excluding carboxylic acids is 1. The number of carbonyl (C=O) groups is 1. The number of aromatic nitrogens is 1. The van der Waals surface area contributed by atoms with Crippen LogP contribution in [0.5, 0.6) is 0 Å². The molecule has 1 aromatic carbocycles. The standard InChI is InChI=1S/C18H17BrFN3O2S/c1-3-25-18(24)14-13(9-19)22-16(17-21-7-8-26-17)23-15(14)11-5-4-6-12(20)10(11)2/h4-8,15H,3,9H2,1-2H3,(H,22,23). The van der Waals surface area contributed by atoms with Crippen LogP contribution in [0.3, 0.4) is 0 Å². The number of nitrogens with one attached hydrogen (secondary N) is 1. The van der Waals surface area contributed by atoms with E-state index in [1.165, 1.54) is 17.4 Å². The van der Waals surface area contributed by atoms with Gasteiger partial charge in [-0.25, -0.2) is 14.2 Å². The summed E-state index contributed by atoms with van der Waals surface area (Å²) in [5, 5.41) is 6.11. The number of thiazole rings is 1. The normalized spacial score (nSPS) is 16.9. The van der Waals surface area contributed by atoms with Crippen molar-refractivity contribution in [3.05, 3.63) is 63.0 Å². The van der Waals surface area contributed by atoms with E-state index in [1.54, 1.807) is 32.2 Å². The number of alkyl halides is 1. The van der Waals surface area contributed by atoms with Crippen LogP contribution in [0.4, 0.5) is 4.39 Å². The van der Waals surface area contributed by atoms with Gasteiger partial charge in [0.25, 0.3) is 0 Å². The van der Waals surface area contributed by atoms with E-state index < -0.39 is 12.0 Å². The number of amidine groups is 1. The predicted octanol–water partition coefficient (Wildman–Crippen LogP) is 3.89. The van der Waals surface area contributed by atoms with Crippen molar-refractivity contribution in [2.75, 3.05) is 11.9 Å². The number of ether oxygens (including phenoxy) is 1. The summed E-state index contributed by atoms with van der Waals surface area (Å²) < 4.78 is 19.4. The molecule has 0 bridgehead atoms. The Morgan fingerprint density at radius 1 is 1.46 bits per heavy atom. The van der Waals surface area contributed by atoms with E-state index in [4.69, 9.17) is 4.74 Å². The summed E-state index contributed by atoms with van der Waals surface area (Å²) in [6.07, 6.45) is 1.69. The molecule has 1 atom stereocenters. The van der Waals surface area contributed by atoms with Crippen molar-refractivity contribution >= 4 is 39.1 Å². The molecule has 1 aliphatic heterocycles. The lowest BCUT2D eigenvalue weighted by atomic mass is 9.92. The molecule has 0 fully saturated rings. The fraction of sp³-hybridized carbons (Fsp3) is 0.278. The van der Waals surface area contributed by atoms with Crippen LogP contribution >= 0.6 is 27.3 Å². The third-order valence-corrected chi connectivity index (χ3v) is 5.33. The van der Waals surface area contributed by atoms with Crippen LogP contribution in [-0.2, 0) is 9.53 Å². The summed E-state index contributed by atoms with van der Waals surface area (Å²) in [5.74, 6) is -0.253. The van der Waals surface area contributed by atoms with Crippen LogP contribution in [-0.4, -0.2) is 28.7 Å². The van der Waals surface area contributed by atoms with Crippen molar-refractivity contribution in [3.63, 3.8) is 0 Å². The van der Waals surface area contributed by atoms with Crippen molar-refractivity contribution in [3.8, 4) is 0 Å². The highest BCUT2D eigenvalue weighted by Crippen LogP contribution is 2.35. The van der Waals surface area contributed by atoms with Gasteiger partial charge < -0.3 is 10.1 Å². The molecular weight excluding hydrogens is 421 g/mol. The maximum atomic E-state index is 14.1. The molecule has 0 amide bonds. The van der Waals surface area contributed by atoms with Gasteiger partial charge in [0.2, 0.25) is 0 Å². The maximum Gasteiger partial charge on any atom is 0.338 e. The average Bonchev–Trinajstić information content (AvgIpc) is 3.18. The first-order chi connectivity index (χ1) is 12.6. The molecule has 2 heterocycles. The molecule has 0 saturated carbocycles. The van der Waals surface area contributed by atoms with Crippen molar-refractivity contribution in [1.29, 1.82) is 0 Å². The molecule has 5 nitrogen and oxygen atoms in total. The predicted molar refractivity (Wildman–Crippen MR) is 103 cm³/mol. The molecule has 0 radical (unpaired) electrons. The highest BCUT2D eigenvalue weighted by molar-refractivity contribution is 9.09. The summed E-state index contributed by atoms with van der Waals surface area (Å²) in [6.45, 7) is 3.67. The summed E-state index contributed by atoms with van der Waals surface area (Å²) in [7, 11) is 0. The topological polar surface area (TPSA) is 63.6 Å². The molecule has 0 aliphatic carbocycles. The minimum Gasteiger partial charge on any atom is -0.463 e. The molecule has 8 heteroatoms. The molecular formula is C18H17BrFN3O2S. The second-order valence-corrected chi connectivity index (χ2v) is 7.00. The van der Waals surface area contributed by atoms with E-state index in [0.29, 0.717) is 38.6 Å². The van der Waals surface area contributed by atoms with E-state index in [9.17, 15) is 9.18 Å². The molecule has 1 aromatic heterocycles. The van der Waals surface area contributed by atoms with Crippen LogP contribution in [0.2, 0.25) is 0 Å². The molecule has 1 aliphatic rings. The van der Waals surface area contributed by atoms with Gasteiger partial charge in [0.15, 0.2) is 10.8 Å². The zero-order valence-corrected chi connectivity index (χ0v) is 16.7. The van der Waals surface area contributed by atoms with Gasteiger partial charge in [-0.15, -0.1) is 11.3 Å². The Bertz CT molecular complexity index is 881. The maximum absolute atomic E-state index is 14.1. The first kappa shape index (κ1) is 18.7. The summed E-state index contributed by atoms with van der Waals surface area (Å²) in [5.41, 5.74) is 2.09. The van der Waals surface area contributed by atoms with E-state index in [2.05, 4.69) is 31.2 Å². The second kappa shape index (κ2) is 8.09. The highest BCUT2D eigenvalue weighted by Gasteiger charge is 2.33. The molecule has 26 heavy (non-hydrogen) atoms. The third kappa shape index (κ3) is 3.57. The number of allylic oxidation sites excluding steroid dienone is 1. The average molecular weight is 438 g/mol. The highest BCUT2D eigenvalue weighted by atomic mass is 79.9. The number of aliphatic imine (C=N–C) groups is 1. The van der Waals surface area contributed by atoms with Crippen molar-refractivity contribution in [1.82, 2.24) is 10.3 Å². The Morgan fingerprint density at radius 3 is 2.92 bits per heavy atom. The first-order valence-corrected chi connectivity index (χ1v) is 10.0. The minimum atomic E-state index is -0.669. The summed E-state index contributed by atoms with van der Waals surface area (Å²) in [6, 6.07) is 4.12. The van der Waals surface area contributed by atoms with Gasteiger partial charge in [0.05, 0.1) is 12.2 Å². The fourth-order valence-electron chi connectivity index (χ4n) is 2.74. The smallest absolute Gasteiger partial charge is 0.338 e. The largest absolute Gasteiger partial charge is 0.463 e. The number of nitrogens with zero attached hydrogens (tertiary/aromatic N) is 2. The summed E-state index contributed by atoms with van der Waals surface area (Å²) >= 11 is 4.85. The third-order valence-electron chi connectivity index (χ3n) is 3.99. The fourth-order valence-corrected chi connectivity index (χ4v) is 3.77. The Kier molecular flexibility index (Phi) is 5.83. The number of esters is 1. The minimum absolute atomic E-state index is 0.246. The molecule has 1 unspecified atom stereocenters. The van der Waals surface area contributed by atoms with E-state index in [-0.39, 0.29) is 12.4 Å². The Balaban J connectivity index is 2.17. The van der Waals surface area contributed by atoms with Crippen LogP contribution in [0.15, 0.2) is 46.0 Å². The van der Waals surface area contributed by atoms with Gasteiger partial charge in [-0.3, -0.25) is 4.99 Å². The van der Waals surface area contributed by atoms with Gasteiger partial charge in [-0.1, -0.05) is 28.1 Å². The molecule has 3 rings (SSSR count). The molecule has 2 aromatic rings. The molecule has 1 N–H and O–H groups in total. The van der Waals surface area contributed by atoms with Gasteiger partial charge >= 0.3 is 5.97 Å². The lowest BCUT2D eigenvalue weighted by molar-refractivity contribution is -0.138. The van der Waals surface area contributed by atoms with Crippen LogP contribution < -0.4 is 5.32 Å². The zero-order valence-electron chi connectivity index (χ0n) is 14.3. The molecule has 0 spiro atoms. The Labute approximate surface area is 163 Å².